The van der Waals surface area contributed by atoms with E-state index < -0.39 is 0 Å². The summed E-state index contributed by atoms with van der Waals surface area (Å²) in [4.78, 5) is 11.6. The molecule has 0 unspecified atom stereocenters. The van der Waals surface area contributed by atoms with Gasteiger partial charge >= 0.3 is 0 Å². The molecular weight excluding hydrogens is 204 g/mol. The van der Waals surface area contributed by atoms with Crippen LogP contribution >= 0.6 is 0 Å². The fourth-order valence-corrected chi connectivity index (χ4v) is 1.85. The van der Waals surface area contributed by atoms with Crippen LogP contribution in [0.1, 0.15) is 36.2 Å². The Morgan fingerprint density at radius 3 is 3.12 bits per heavy atom. The Balaban J connectivity index is 1.75. The number of nitrogens with one attached hydrogen (secondary N) is 2. The van der Waals surface area contributed by atoms with E-state index in [4.69, 9.17) is 5.73 Å². The first-order valence-corrected chi connectivity index (χ1v) is 5.52. The third-order valence-corrected chi connectivity index (χ3v) is 2.71. The largest absolute Gasteiger partial charge is 0.382 e. The quantitative estimate of drug-likeness (QED) is 0.667. The maximum absolute atomic E-state index is 11.6. The van der Waals surface area contributed by atoms with Crippen LogP contribution in [0.3, 0.4) is 0 Å². The highest BCUT2D eigenvalue weighted by Crippen LogP contribution is 2.19. The molecule has 1 aromatic rings. The van der Waals surface area contributed by atoms with Gasteiger partial charge in [-0.15, -0.1) is 0 Å². The van der Waals surface area contributed by atoms with E-state index in [9.17, 15) is 4.79 Å². The first-order valence-electron chi connectivity index (χ1n) is 5.52. The molecule has 5 heteroatoms. The molecule has 0 fully saturated rings. The van der Waals surface area contributed by atoms with E-state index in [0.29, 0.717) is 18.1 Å². The van der Waals surface area contributed by atoms with Gasteiger partial charge in [-0.1, -0.05) is 11.6 Å². The van der Waals surface area contributed by atoms with Crippen molar-refractivity contribution < 1.29 is 4.79 Å². The average molecular weight is 220 g/mol. The summed E-state index contributed by atoms with van der Waals surface area (Å²) in [5.74, 6) is 0.187. The highest BCUT2D eigenvalue weighted by Gasteiger charge is 2.09. The molecule has 0 aliphatic heterocycles. The van der Waals surface area contributed by atoms with E-state index >= 15 is 0 Å². The predicted molar refractivity (Wildman–Crippen MR) is 61.9 cm³/mol. The van der Waals surface area contributed by atoms with Gasteiger partial charge in [0.25, 0.3) is 5.91 Å². The molecule has 0 saturated carbocycles. The summed E-state index contributed by atoms with van der Waals surface area (Å²) in [5.41, 5.74) is 7.28. The molecule has 0 radical (unpaired) electrons. The van der Waals surface area contributed by atoms with Gasteiger partial charge in [-0.25, -0.2) is 0 Å². The molecule has 1 aliphatic rings. The number of hydrogen-bond acceptors (Lipinski definition) is 3. The summed E-state index contributed by atoms with van der Waals surface area (Å²) >= 11 is 0. The van der Waals surface area contributed by atoms with Gasteiger partial charge in [0.05, 0.1) is 0 Å². The summed E-state index contributed by atoms with van der Waals surface area (Å²) in [6, 6.07) is 1.53. The number of aromatic amines is 1. The zero-order chi connectivity index (χ0) is 11.4. The van der Waals surface area contributed by atoms with Crippen LogP contribution in [-0.4, -0.2) is 22.6 Å². The van der Waals surface area contributed by atoms with Gasteiger partial charge in [0.2, 0.25) is 0 Å². The van der Waals surface area contributed by atoms with Gasteiger partial charge in [0, 0.05) is 12.6 Å². The van der Waals surface area contributed by atoms with Gasteiger partial charge in [0.1, 0.15) is 11.5 Å². The molecular formula is C11H16N4O. The van der Waals surface area contributed by atoms with Crippen LogP contribution in [0.5, 0.6) is 0 Å². The molecule has 5 nitrogen and oxygen atoms in total. The number of H-pyrrole nitrogens is 1. The monoisotopic (exact) mass is 220 g/mol. The molecule has 0 bridgehead atoms. The van der Waals surface area contributed by atoms with Crippen LogP contribution in [0.4, 0.5) is 5.82 Å². The maximum Gasteiger partial charge on any atom is 0.269 e. The molecule has 1 aromatic heterocycles. The van der Waals surface area contributed by atoms with E-state index in [1.54, 1.807) is 0 Å². The Bertz CT molecular complexity index is 408. The Morgan fingerprint density at radius 1 is 1.62 bits per heavy atom. The molecule has 0 saturated heterocycles. The summed E-state index contributed by atoms with van der Waals surface area (Å²) in [7, 11) is 0. The molecule has 2 rings (SSSR count). The minimum Gasteiger partial charge on any atom is -0.382 e. The molecule has 4 N–H and O–H groups in total. The second kappa shape index (κ2) is 4.83. The minimum absolute atomic E-state index is 0.150. The van der Waals surface area contributed by atoms with Crippen molar-refractivity contribution in [2.45, 2.75) is 25.7 Å². The van der Waals surface area contributed by atoms with Crippen molar-refractivity contribution >= 4 is 11.7 Å². The Morgan fingerprint density at radius 2 is 2.50 bits per heavy atom. The van der Waals surface area contributed by atoms with Crippen molar-refractivity contribution in [3.63, 3.8) is 0 Å². The fourth-order valence-electron chi connectivity index (χ4n) is 1.85. The highest BCUT2D eigenvalue weighted by atomic mass is 16.1. The van der Waals surface area contributed by atoms with Gasteiger partial charge < -0.3 is 11.1 Å². The predicted octanol–water partition coefficient (Wildman–Crippen LogP) is 1.22. The van der Waals surface area contributed by atoms with Crippen LogP contribution in [0.25, 0.3) is 0 Å². The molecule has 16 heavy (non-hydrogen) atoms. The number of hydrogen-bond donors (Lipinski definition) is 3. The number of allylic oxidation sites excluding steroid dienone is 1. The molecule has 0 aromatic carbocycles. The normalized spacial score (nSPS) is 14.9. The van der Waals surface area contributed by atoms with E-state index in [2.05, 4.69) is 21.6 Å². The maximum atomic E-state index is 11.6. The lowest BCUT2D eigenvalue weighted by molar-refractivity contribution is 0.0949. The lowest BCUT2D eigenvalue weighted by Gasteiger charge is -2.03. The lowest BCUT2D eigenvalue weighted by Crippen LogP contribution is -2.25. The number of carbonyl (C=O) groups is 1. The first-order chi connectivity index (χ1) is 7.75. The second-order valence-electron chi connectivity index (χ2n) is 3.97. The van der Waals surface area contributed by atoms with Crippen molar-refractivity contribution in [2.24, 2.45) is 0 Å². The highest BCUT2D eigenvalue weighted by molar-refractivity contribution is 5.92. The number of nitrogen functional groups attached to an aromatic ring is 1. The molecule has 0 atom stereocenters. The van der Waals surface area contributed by atoms with Crippen LogP contribution in [0.2, 0.25) is 0 Å². The SMILES string of the molecule is Nc1cc(C(=O)NCCC2=CCCC2)[nH]n1. The molecule has 1 amide bonds. The summed E-state index contributed by atoms with van der Waals surface area (Å²) in [6.45, 7) is 0.670. The zero-order valence-corrected chi connectivity index (χ0v) is 9.12. The first kappa shape index (κ1) is 10.7. The van der Waals surface area contributed by atoms with Crippen molar-refractivity contribution in [3.05, 3.63) is 23.4 Å². The number of aromatic nitrogens is 2. The van der Waals surface area contributed by atoms with Crippen LogP contribution in [0, 0.1) is 0 Å². The standard InChI is InChI=1S/C11H16N4O/c12-10-7-9(14-15-10)11(16)13-6-5-8-3-1-2-4-8/h3,7H,1-2,4-6H2,(H,13,16)(H3,12,14,15). The number of amides is 1. The van der Waals surface area contributed by atoms with E-state index in [1.807, 2.05) is 0 Å². The lowest BCUT2D eigenvalue weighted by atomic mass is 10.2. The molecule has 86 valence electrons. The van der Waals surface area contributed by atoms with E-state index in [-0.39, 0.29) is 5.91 Å². The molecule has 1 aliphatic carbocycles. The number of rotatable bonds is 4. The second-order valence-corrected chi connectivity index (χ2v) is 3.97. The van der Waals surface area contributed by atoms with Gasteiger partial charge in [-0.3, -0.25) is 9.89 Å². The van der Waals surface area contributed by atoms with Crippen molar-refractivity contribution in [1.82, 2.24) is 15.5 Å². The topological polar surface area (TPSA) is 83.8 Å². The van der Waals surface area contributed by atoms with E-state index in [0.717, 1.165) is 6.42 Å². The summed E-state index contributed by atoms with van der Waals surface area (Å²) in [6.07, 6.45) is 6.81. The fraction of sp³-hybridized carbons (Fsp3) is 0.455. The number of anilines is 1. The Hall–Kier alpha value is -1.78. The molecule has 0 spiro atoms. The third-order valence-electron chi connectivity index (χ3n) is 2.71. The van der Waals surface area contributed by atoms with Gasteiger partial charge in [-0.05, 0) is 25.7 Å². The summed E-state index contributed by atoms with van der Waals surface area (Å²) < 4.78 is 0. The van der Waals surface area contributed by atoms with Crippen molar-refractivity contribution in [1.29, 1.82) is 0 Å². The number of carbonyl (C=O) groups excluding carboxylic acids is 1. The molecule has 1 heterocycles. The van der Waals surface area contributed by atoms with Crippen LogP contribution in [-0.2, 0) is 0 Å². The number of nitrogens with two attached hydrogens (primary N) is 1. The van der Waals surface area contributed by atoms with Crippen molar-refractivity contribution in [2.75, 3.05) is 12.3 Å². The number of nitrogens with zero attached hydrogens (tertiary/aromatic N) is 1. The Kier molecular flexibility index (Phi) is 3.24. The third kappa shape index (κ3) is 2.62. The van der Waals surface area contributed by atoms with Gasteiger partial charge in [0.15, 0.2) is 0 Å². The van der Waals surface area contributed by atoms with Crippen molar-refractivity contribution in [3.8, 4) is 0 Å². The average Bonchev–Trinajstić information content (AvgIpc) is 2.89. The zero-order valence-electron chi connectivity index (χ0n) is 9.12. The smallest absolute Gasteiger partial charge is 0.269 e. The summed E-state index contributed by atoms with van der Waals surface area (Å²) in [5, 5.41) is 9.12. The minimum atomic E-state index is -0.150. The van der Waals surface area contributed by atoms with Gasteiger partial charge in [-0.2, -0.15) is 5.10 Å². The van der Waals surface area contributed by atoms with E-state index in [1.165, 1.54) is 30.9 Å². The van der Waals surface area contributed by atoms with Crippen LogP contribution < -0.4 is 11.1 Å². The Labute approximate surface area is 94.1 Å². The van der Waals surface area contributed by atoms with Crippen LogP contribution in [0.15, 0.2) is 17.7 Å².